The van der Waals surface area contributed by atoms with E-state index < -0.39 is 12.0 Å². The van der Waals surface area contributed by atoms with Crippen molar-refractivity contribution in [2.24, 2.45) is 4.99 Å². The fraction of sp³-hybridized carbons (Fsp3) is 0.227. The van der Waals surface area contributed by atoms with Gasteiger partial charge >= 0.3 is 5.97 Å². The lowest BCUT2D eigenvalue weighted by atomic mass is 9.96. The maximum atomic E-state index is 13.4. The van der Waals surface area contributed by atoms with E-state index in [4.69, 9.17) is 16.3 Å². The maximum absolute atomic E-state index is 13.4. The first-order valence-corrected chi connectivity index (χ1v) is 11.5. The molecule has 30 heavy (non-hydrogen) atoms. The molecule has 0 N–H and O–H groups in total. The quantitative estimate of drug-likeness (QED) is 0.557. The zero-order valence-corrected chi connectivity index (χ0v) is 19.0. The molecule has 3 aromatic rings. The molecule has 0 fully saturated rings. The van der Waals surface area contributed by atoms with Crippen LogP contribution >= 0.6 is 34.3 Å². The van der Waals surface area contributed by atoms with Gasteiger partial charge < -0.3 is 4.74 Å². The molecule has 4 rings (SSSR count). The molecule has 1 aromatic carbocycles. The van der Waals surface area contributed by atoms with Crippen LogP contribution in [0.3, 0.4) is 0 Å². The molecule has 0 aliphatic carbocycles. The van der Waals surface area contributed by atoms with Crippen molar-refractivity contribution in [1.29, 1.82) is 0 Å². The third-order valence-corrected chi connectivity index (χ3v) is 6.55. The van der Waals surface area contributed by atoms with Gasteiger partial charge in [-0.15, -0.1) is 0 Å². The Balaban J connectivity index is 1.95. The number of nitrogens with zero attached hydrogens (tertiary/aromatic N) is 2. The molecule has 0 radical (unpaired) electrons. The van der Waals surface area contributed by atoms with Crippen LogP contribution in [-0.4, -0.2) is 16.6 Å². The number of thiophene rings is 1. The first-order valence-electron chi connectivity index (χ1n) is 9.36. The number of benzene rings is 1. The Hall–Kier alpha value is -2.48. The highest BCUT2D eigenvalue weighted by Crippen LogP contribution is 2.31. The molecule has 8 heteroatoms. The van der Waals surface area contributed by atoms with Gasteiger partial charge in [-0.2, -0.15) is 11.3 Å². The van der Waals surface area contributed by atoms with E-state index in [-0.39, 0.29) is 11.7 Å². The molecule has 0 saturated carbocycles. The molecule has 1 atom stereocenters. The molecule has 0 spiro atoms. The summed E-state index contributed by atoms with van der Waals surface area (Å²) in [4.78, 5) is 31.5. The number of aromatic nitrogens is 1. The van der Waals surface area contributed by atoms with Gasteiger partial charge in [0.15, 0.2) is 4.80 Å². The Morgan fingerprint density at radius 3 is 2.63 bits per heavy atom. The van der Waals surface area contributed by atoms with E-state index in [0.29, 0.717) is 25.6 Å². The van der Waals surface area contributed by atoms with Crippen LogP contribution in [0.5, 0.6) is 0 Å². The van der Waals surface area contributed by atoms with Crippen molar-refractivity contribution in [1.82, 2.24) is 4.57 Å². The second-order valence-electron chi connectivity index (χ2n) is 7.14. The summed E-state index contributed by atoms with van der Waals surface area (Å²) in [5, 5.41) is 4.52. The summed E-state index contributed by atoms with van der Waals surface area (Å²) in [6, 6.07) is 8.47. The predicted octanol–water partition coefficient (Wildman–Crippen LogP) is 3.90. The van der Waals surface area contributed by atoms with Crippen LogP contribution in [0.25, 0.3) is 6.08 Å². The molecule has 3 heterocycles. The van der Waals surface area contributed by atoms with Crippen molar-refractivity contribution in [3.8, 4) is 0 Å². The predicted molar refractivity (Wildman–Crippen MR) is 121 cm³/mol. The van der Waals surface area contributed by atoms with E-state index in [0.717, 1.165) is 11.1 Å². The number of halogens is 1. The SMILES string of the molecule is CC1=C(C(=O)OC(C)C)C(c2ccc(Cl)cc2)n2c(s/c(=C/c3ccsc3)c2=O)=N1. The van der Waals surface area contributed by atoms with E-state index >= 15 is 0 Å². The van der Waals surface area contributed by atoms with Gasteiger partial charge in [0.1, 0.15) is 0 Å². The van der Waals surface area contributed by atoms with Crippen LogP contribution in [-0.2, 0) is 9.53 Å². The van der Waals surface area contributed by atoms with E-state index in [9.17, 15) is 9.59 Å². The Morgan fingerprint density at radius 1 is 1.27 bits per heavy atom. The first kappa shape index (κ1) is 20.8. The molecular weight excluding hydrogens is 440 g/mol. The molecule has 0 bridgehead atoms. The minimum Gasteiger partial charge on any atom is -0.459 e. The van der Waals surface area contributed by atoms with E-state index in [2.05, 4.69) is 4.99 Å². The van der Waals surface area contributed by atoms with Gasteiger partial charge in [0, 0.05) is 5.02 Å². The van der Waals surface area contributed by atoms with Gasteiger partial charge in [-0.25, -0.2) is 9.79 Å². The summed E-state index contributed by atoms with van der Waals surface area (Å²) in [5.41, 5.74) is 2.45. The minimum atomic E-state index is -0.630. The van der Waals surface area contributed by atoms with Crippen molar-refractivity contribution < 1.29 is 9.53 Å². The lowest BCUT2D eigenvalue weighted by Crippen LogP contribution is -2.40. The number of esters is 1. The smallest absolute Gasteiger partial charge is 0.338 e. The lowest BCUT2D eigenvalue weighted by Gasteiger charge is -2.25. The molecule has 2 aromatic heterocycles. The van der Waals surface area contributed by atoms with Crippen LogP contribution < -0.4 is 14.9 Å². The topological polar surface area (TPSA) is 60.7 Å². The number of rotatable bonds is 4. The molecule has 1 unspecified atom stereocenters. The van der Waals surface area contributed by atoms with Crippen molar-refractivity contribution in [3.05, 3.63) is 88.2 Å². The minimum absolute atomic E-state index is 0.188. The Morgan fingerprint density at radius 2 is 2.00 bits per heavy atom. The fourth-order valence-electron chi connectivity index (χ4n) is 3.33. The number of ether oxygens (including phenoxy) is 1. The van der Waals surface area contributed by atoms with Crippen molar-refractivity contribution in [2.45, 2.75) is 32.9 Å². The molecule has 1 aliphatic rings. The van der Waals surface area contributed by atoms with Gasteiger partial charge in [0.05, 0.1) is 27.9 Å². The molecular formula is C22H19ClN2O3S2. The molecule has 154 valence electrons. The fourth-order valence-corrected chi connectivity index (χ4v) is 5.12. The highest BCUT2D eigenvalue weighted by Gasteiger charge is 2.33. The molecule has 0 saturated heterocycles. The average molecular weight is 459 g/mol. The van der Waals surface area contributed by atoms with Crippen molar-refractivity contribution >= 4 is 46.3 Å². The largest absolute Gasteiger partial charge is 0.459 e. The number of carbonyl (C=O) groups is 1. The highest BCUT2D eigenvalue weighted by molar-refractivity contribution is 7.08. The summed E-state index contributed by atoms with van der Waals surface area (Å²) in [7, 11) is 0. The van der Waals surface area contributed by atoms with E-state index in [1.54, 1.807) is 48.8 Å². The summed E-state index contributed by atoms with van der Waals surface area (Å²) in [6.07, 6.45) is 1.57. The van der Waals surface area contributed by atoms with Crippen molar-refractivity contribution in [3.63, 3.8) is 0 Å². The number of carbonyl (C=O) groups excluding carboxylic acids is 1. The lowest BCUT2D eigenvalue weighted by molar-refractivity contribution is -0.143. The molecule has 1 aliphatic heterocycles. The van der Waals surface area contributed by atoms with Gasteiger partial charge in [-0.3, -0.25) is 9.36 Å². The molecule has 5 nitrogen and oxygen atoms in total. The zero-order valence-electron chi connectivity index (χ0n) is 16.6. The average Bonchev–Trinajstić information content (AvgIpc) is 3.29. The number of fused-ring (bicyclic) bond motifs is 1. The zero-order chi connectivity index (χ0) is 21.4. The summed E-state index contributed by atoms with van der Waals surface area (Å²) in [5.74, 6) is -0.474. The number of allylic oxidation sites excluding steroid dienone is 1. The van der Waals surface area contributed by atoms with Crippen LogP contribution in [0.1, 0.15) is 37.9 Å². The van der Waals surface area contributed by atoms with Gasteiger partial charge in [0.25, 0.3) is 5.56 Å². The first-order chi connectivity index (χ1) is 14.3. The highest BCUT2D eigenvalue weighted by atomic mass is 35.5. The number of hydrogen-bond donors (Lipinski definition) is 0. The van der Waals surface area contributed by atoms with Gasteiger partial charge in [-0.05, 0) is 66.9 Å². The van der Waals surface area contributed by atoms with E-state index in [1.165, 1.54) is 11.3 Å². The van der Waals surface area contributed by atoms with Crippen LogP contribution in [0.15, 0.2) is 62.1 Å². The van der Waals surface area contributed by atoms with Gasteiger partial charge in [-0.1, -0.05) is 35.1 Å². The monoisotopic (exact) mass is 458 g/mol. The Labute approximate surface area is 186 Å². The third-order valence-electron chi connectivity index (χ3n) is 4.61. The third kappa shape index (κ3) is 3.93. The second-order valence-corrected chi connectivity index (χ2v) is 9.37. The van der Waals surface area contributed by atoms with Gasteiger partial charge in [0.2, 0.25) is 0 Å². The molecule has 0 amide bonds. The summed E-state index contributed by atoms with van der Waals surface area (Å²) < 4.78 is 7.63. The summed E-state index contributed by atoms with van der Waals surface area (Å²) >= 11 is 8.95. The Kier molecular flexibility index (Phi) is 5.77. The maximum Gasteiger partial charge on any atom is 0.338 e. The number of hydrogen-bond acceptors (Lipinski definition) is 6. The van der Waals surface area contributed by atoms with Crippen LogP contribution in [0, 0.1) is 0 Å². The number of thiazole rings is 1. The summed E-state index contributed by atoms with van der Waals surface area (Å²) in [6.45, 7) is 5.36. The second kappa shape index (κ2) is 8.34. The Bertz CT molecular complexity index is 1300. The van der Waals surface area contributed by atoms with Crippen molar-refractivity contribution in [2.75, 3.05) is 0 Å². The standard InChI is InChI=1S/C22H19ClN2O3S2/c1-12(2)28-21(27)18-13(3)24-22-25(19(18)15-4-6-16(23)7-5-15)20(26)17(30-22)10-14-8-9-29-11-14/h4-12,19H,1-3H3/b17-10+. The van der Waals surface area contributed by atoms with Crippen LogP contribution in [0.4, 0.5) is 0 Å². The normalized spacial score (nSPS) is 16.6. The van der Waals surface area contributed by atoms with Crippen LogP contribution in [0.2, 0.25) is 5.02 Å². The van der Waals surface area contributed by atoms with E-state index in [1.807, 2.05) is 35.0 Å².